The van der Waals surface area contributed by atoms with Crippen LogP contribution in [0.3, 0.4) is 0 Å². The van der Waals surface area contributed by atoms with Crippen molar-refractivity contribution in [2.45, 2.75) is 24.9 Å². The molecule has 0 bridgehead atoms. The molecule has 2 rings (SSSR count). The van der Waals surface area contributed by atoms with Gasteiger partial charge in [-0.25, -0.2) is 0 Å². The Kier molecular flexibility index (Phi) is 4.25. The van der Waals surface area contributed by atoms with E-state index in [4.69, 9.17) is 0 Å². The second kappa shape index (κ2) is 5.91. The van der Waals surface area contributed by atoms with Crippen LogP contribution in [0.2, 0.25) is 0 Å². The first-order valence-electron chi connectivity index (χ1n) is 6.23. The van der Waals surface area contributed by atoms with Gasteiger partial charge in [-0.15, -0.1) is 0 Å². The lowest BCUT2D eigenvalue weighted by Gasteiger charge is -2.19. The molecule has 0 aliphatic heterocycles. The first-order valence-corrected chi connectivity index (χ1v) is 6.23. The minimum atomic E-state index is -4.11. The molecule has 0 heterocycles. The maximum atomic E-state index is 12.4. The summed E-state index contributed by atoms with van der Waals surface area (Å²) in [6, 6.07) is 18.7. The van der Waals surface area contributed by atoms with Crippen LogP contribution in [0.1, 0.15) is 29.9 Å². The molecule has 0 fully saturated rings. The SMILES string of the molecule is FC(F)(F)CCC(c1ccccc1)c1ccccc1. The molecule has 19 heavy (non-hydrogen) atoms. The van der Waals surface area contributed by atoms with Gasteiger partial charge in [-0.1, -0.05) is 60.7 Å². The Bertz CT molecular complexity index is 449. The van der Waals surface area contributed by atoms with E-state index < -0.39 is 12.6 Å². The first-order chi connectivity index (χ1) is 9.06. The van der Waals surface area contributed by atoms with Crippen LogP contribution >= 0.6 is 0 Å². The quantitative estimate of drug-likeness (QED) is 0.715. The van der Waals surface area contributed by atoms with Crippen molar-refractivity contribution in [1.82, 2.24) is 0 Å². The third kappa shape index (κ3) is 4.12. The highest BCUT2D eigenvalue weighted by Crippen LogP contribution is 2.33. The summed E-state index contributed by atoms with van der Waals surface area (Å²) in [5.41, 5.74) is 1.86. The summed E-state index contributed by atoms with van der Waals surface area (Å²) in [5.74, 6) is -0.205. The second-order valence-corrected chi connectivity index (χ2v) is 4.53. The van der Waals surface area contributed by atoms with E-state index in [9.17, 15) is 13.2 Å². The average molecular weight is 264 g/mol. The molecular weight excluding hydrogens is 249 g/mol. The van der Waals surface area contributed by atoms with Crippen LogP contribution in [0.5, 0.6) is 0 Å². The monoisotopic (exact) mass is 264 g/mol. The predicted molar refractivity (Wildman–Crippen MR) is 70.0 cm³/mol. The Morgan fingerprint density at radius 3 is 1.53 bits per heavy atom. The van der Waals surface area contributed by atoms with Crippen LogP contribution in [0.15, 0.2) is 60.7 Å². The number of hydrogen-bond donors (Lipinski definition) is 0. The molecule has 0 N–H and O–H groups in total. The fraction of sp³-hybridized carbons (Fsp3) is 0.250. The van der Waals surface area contributed by atoms with Gasteiger partial charge >= 0.3 is 6.18 Å². The number of halogens is 3. The highest BCUT2D eigenvalue weighted by Gasteiger charge is 2.29. The topological polar surface area (TPSA) is 0 Å². The fourth-order valence-electron chi connectivity index (χ4n) is 2.20. The molecule has 0 aliphatic carbocycles. The molecule has 0 saturated carbocycles. The molecule has 0 amide bonds. The van der Waals surface area contributed by atoms with Gasteiger partial charge in [-0.3, -0.25) is 0 Å². The summed E-state index contributed by atoms with van der Waals surface area (Å²) in [4.78, 5) is 0. The van der Waals surface area contributed by atoms with E-state index in [1.807, 2.05) is 60.7 Å². The third-order valence-electron chi connectivity index (χ3n) is 3.12. The molecule has 0 aromatic heterocycles. The molecule has 2 aromatic rings. The Morgan fingerprint density at radius 1 is 0.737 bits per heavy atom. The van der Waals surface area contributed by atoms with Crippen molar-refractivity contribution in [2.24, 2.45) is 0 Å². The molecule has 100 valence electrons. The Balaban J connectivity index is 2.24. The molecule has 0 spiro atoms. The van der Waals surface area contributed by atoms with Crippen LogP contribution in [0, 0.1) is 0 Å². The average Bonchev–Trinajstić information content (AvgIpc) is 2.40. The number of hydrogen-bond acceptors (Lipinski definition) is 0. The molecule has 0 saturated heterocycles. The van der Waals surface area contributed by atoms with Crippen LogP contribution in [0.25, 0.3) is 0 Å². The zero-order chi connectivity index (χ0) is 13.7. The fourth-order valence-corrected chi connectivity index (χ4v) is 2.20. The van der Waals surface area contributed by atoms with Gasteiger partial charge in [0.15, 0.2) is 0 Å². The van der Waals surface area contributed by atoms with Crippen LogP contribution in [-0.4, -0.2) is 6.18 Å². The van der Waals surface area contributed by atoms with Gasteiger partial charge in [-0.05, 0) is 17.5 Å². The minimum absolute atomic E-state index is 0.0809. The maximum absolute atomic E-state index is 12.4. The second-order valence-electron chi connectivity index (χ2n) is 4.53. The summed E-state index contributed by atoms with van der Waals surface area (Å²) < 4.78 is 37.3. The van der Waals surface area contributed by atoms with Crippen LogP contribution in [-0.2, 0) is 0 Å². The highest BCUT2D eigenvalue weighted by molar-refractivity contribution is 5.32. The summed E-state index contributed by atoms with van der Waals surface area (Å²) in [5, 5.41) is 0. The number of rotatable bonds is 4. The molecular formula is C16H15F3. The molecule has 2 aromatic carbocycles. The molecule has 3 heteroatoms. The summed E-state index contributed by atoms with van der Waals surface area (Å²) >= 11 is 0. The van der Waals surface area contributed by atoms with Crippen molar-refractivity contribution in [1.29, 1.82) is 0 Å². The van der Waals surface area contributed by atoms with Crippen molar-refractivity contribution in [3.63, 3.8) is 0 Å². The Labute approximate surface area is 110 Å². The van der Waals surface area contributed by atoms with Gasteiger partial charge < -0.3 is 0 Å². The van der Waals surface area contributed by atoms with E-state index in [1.165, 1.54) is 0 Å². The van der Waals surface area contributed by atoms with Crippen LogP contribution in [0.4, 0.5) is 13.2 Å². The summed E-state index contributed by atoms with van der Waals surface area (Å²) in [6.45, 7) is 0. The summed E-state index contributed by atoms with van der Waals surface area (Å²) in [7, 11) is 0. The van der Waals surface area contributed by atoms with E-state index in [-0.39, 0.29) is 12.3 Å². The largest absolute Gasteiger partial charge is 0.389 e. The van der Waals surface area contributed by atoms with Crippen molar-refractivity contribution < 1.29 is 13.2 Å². The van der Waals surface area contributed by atoms with Crippen molar-refractivity contribution >= 4 is 0 Å². The lowest BCUT2D eigenvalue weighted by atomic mass is 9.87. The third-order valence-corrected chi connectivity index (χ3v) is 3.12. The first kappa shape index (κ1) is 13.7. The molecule has 0 unspecified atom stereocenters. The Morgan fingerprint density at radius 2 is 1.16 bits per heavy atom. The van der Waals surface area contributed by atoms with E-state index in [1.54, 1.807) is 0 Å². The van der Waals surface area contributed by atoms with E-state index in [0.29, 0.717) is 0 Å². The highest BCUT2D eigenvalue weighted by atomic mass is 19.4. The van der Waals surface area contributed by atoms with Crippen LogP contribution < -0.4 is 0 Å². The van der Waals surface area contributed by atoms with Gasteiger partial charge in [0.25, 0.3) is 0 Å². The smallest absolute Gasteiger partial charge is 0.171 e. The van der Waals surface area contributed by atoms with Gasteiger partial charge in [0.1, 0.15) is 0 Å². The van der Waals surface area contributed by atoms with Crippen molar-refractivity contribution in [2.75, 3.05) is 0 Å². The zero-order valence-corrected chi connectivity index (χ0v) is 10.4. The number of alkyl halides is 3. The lowest BCUT2D eigenvalue weighted by Crippen LogP contribution is -2.11. The number of benzene rings is 2. The van der Waals surface area contributed by atoms with Crippen molar-refractivity contribution in [3.05, 3.63) is 71.8 Å². The molecule has 0 atom stereocenters. The normalized spacial score (nSPS) is 11.8. The van der Waals surface area contributed by atoms with Gasteiger partial charge in [-0.2, -0.15) is 13.2 Å². The van der Waals surface area contributed by atoms with Gasteiger partial charge in [0, 0.05) is 12.3 Å². The summed E-state index contributed by atoms with van der Waals surface area (Å²) in [6.07, 6.45) is -4.79. The van der Waals surface area contributed by atoms with E-state index in [0.717, 1.165) is 11.1 Å². The maximum Gasteiger partial charge on any atom is 0.389 e. The zero-order valence-electron chi connectivity index (χ0n) is 10.4. The standard InChI is InChI=1S/C16H15F3/c17-16(18,19)12-11-15(13-7-3-1-4-8-13)14-9-5-2-6-10-14/h1-10,15H,11-12H2. The van der Waals surface area contributed by atoms with Crippen molar-refractivity contribution in [3.8, 4) is 0 Å². The predicted octanol–water partition coefficient (Wildman–Crippen LogP) is 5.16. The minimum Gasteiger partial charge on any atom is -0.171 e. The Hall–Kier alpha value is -1.77. The van der Waals surface area contributed by atoms with E-state index >= 15 is 0 Å². The van der Waals surface area contributed by atoms with Gasteiger partial charge in [0.05, 0.1) is 0 Å². The molecule has 0 aliphatic rings. The molecule has 0 radical (unpaired) electrons. The van der Waals surface area contributed by atoms with Gasteiger partial charge in [0.2, 0.25) is 0 Å². The lowest BCUT2D eigenvalue weighted by molar-refractivity contribution is -0.135. The van der Waals surface area contributed by atoms with E-state index in [2.05, 4.69) is 0 Å². The molecule has 0 nitrogen and oxygen atoms in total.